The van der Waals surface area contributed by atoms with E-state index in [1.54, 1.807) is 21.1 Å². The number of aromatic nitrogens is 2. The van der Waals surface area contributed by atoms with Gasteiger partial charge in [0, 0.05) is 16.3 Å². The molecule has 0 aliphatic carbocycles. The van der Waals surface area contributed by atoms with Crippen molar-refractivity contribution in [2.75, 3.05) is 26.3 Å². The average Bonchev–Trinajstić information content (AvgIpc) is 2.71. The molecule has 2 aromatic carbocycles. The first kappa shape index (κ1) is 18.2. The number of carbonyl (C=O) groups is 1. The normalized spacial score (nSPS) is 10.3. The van der Waals surface area contributed by atoms with Crippen molar-refractivity contribution in [1.82, 2.24) is 15.6 Å². The van der Waals surface area contributed by atoms with Crippen LogP contribution in [0.3, 0.4) is 0 Å². The highest BCUT2D eigenvalue weighted by molar-refractivity contribution is 6.00. The molecule has 1 heterocycles. The number of hydrogen-bond donors (Lipinski definition) is 2. The molecule has 0 fully saturated rings. The molecule has 0 saturated heterocycles. The second kappa shape index (κ2) is 8.22. The number of hydrazine groups is 1. The summed E-state index contributed by atoms with van der Waals surface area (Å²) in [7, 11) is 3.17. The van der Waals surface area contributed by atoms with Crippen LogP contribution >= 0.6 is 0 Å². The molecule has 0 unspecified atom stereocenters. The lowest BCUT2D eigenvalue weighted by Crippen LogP contribution is -2.30. The predicted molar refractivity (Wildman–Crippen MR) is 102 cm³/mol. The predicted octanol–water partition coefficient (Wildman–Crippen LogP) is 3.39. The van der Waals surface area contributed by atoms with Crippen LogP contribution in [0.4, 0.5) is 10.6 Å². The average molecular weight is 368 g/mol. The minimum Gasteiger partial charge on any atom is -0.493 e. The van der Waals surface area contributed by atoms with Crippen LogP contribution in [-0.4, -0.2) is 37.1 Å². The van der Waals surface area contributed by atoms with E-state index in [1.165, 1.54) is 0 Å². The van der Waals surface area contributed by atoms with E-state index in [-0.39, 0.29) is 6.61 Å². The lowest BCUT2D eigenvalue weighted by molar-refractivity contribution is 0.154. The molecular formula is C19H20N4O4. The molecule has 0 aliphatic heterocycles. The van der Waals surface area contributed by atoms with Gasteiger partial charge >= 0.3 is 6.09 Å². The summed E-state index contributed by atoms with van der Waals surface area (Å²) < 4.78 is 15.5. The Balaban J connectivity index is 2.01. The maximum atomic E-state index is 11.5. The number of methoxy groups -OCH3 is 2. The van der Waals surface area contributed by atoms with Gasteiger partial charge in [-0.25, -0.2) is 10.2 Å². The van der Waals surface area contributed by atoms with E-state index in [4.69, 9.17) is 14.2 Å². The maximum Gasteiger partial charge on any atom is 0.425 e. The third-order valence-electron chi connectivity index (χ3n) is 3.90. The lowest BCUT2D eigenvalue weighted by Gasteiger charge is -2.13. The molecule has 1 amide bonds. The molecule has 0 bridgehead atoms. The summed E-state index contributed by atoms with van der Waals surface area (Å²) in [6, 6.07) is 13.2. The fraction of sp³-hybridized carbons (Fsp3) is 0.211. The summed E-state index contributed by atoms with van der Waals surface area (Å²) in [5.74, 6) is 1.66. The van der Waals surface area contributed by atoms with Crippen molar-refractivity contribution in [3.63, 3.8) is 0 Å². The number of nitrogens with one attached hydrogen (secondary N) is 2. The maximum absolute atomic E-state index is 11.5. The molecule has 0 spiro atoms. The van der Waals surface area contributed by atoms with Crippen molar-refractivity contribution in [2.45, 2.75) is 6.92 Å². The first-order valence-corrected chi connectivity index (χ1v) is 8.34. The van der Waals surface area contributed by atoms with Gasteiger partial charge in [-0.2, -0.15) is 0 Å². The van der Waals surface area contributed by atoms with Crippen LogP contribution < -0.4 is 20.3 Å². The molecule has 0 saturated carbocycles. The molecule has 0 radical (unpaired) electrons. The van der Waals surface area contributed by atoms with Gasteiger partial charge in [-0.3, -0.25) is 5.43 Å². The number of amides is 1. The van der Waals surface area contributed by atoms with Crippen LogP contribution in [0, 0.1) is 0 Å². The van der Waals surface area contributed by atoms with Gasteiger partial charge in [0.05, 0.1) is 20.8 Å². The number of ether oxygens (including phenoxy) is 3. The highest BCUT2D eigenvalue weighted by Crippen LogP contribution is 2.35. The van der Waals surface area contributed by atoms with Crippen LogP contribution in [-0.2, 0) is 4.74 Å². The molecule has 8 nitrogen and oxygen atoms in total. The van der Waals surface area contributed by atoms with Gasteiger partial charge in [0.1, 0.15) is 5.69 Å². The Morgan fingerprint density at radius 3 is 2.44 bits per heavy atom. The van der Waals surface area contributed by atoms with Crippen molar-refractivity contribution in [1.29, 1.82) is 0 Å². The van der Waals surface area contributed by atoms with E-state index in [0.717, 1.165) is 16.3 Å². The van der Waals surface area contributed by atoms with Crippen LogP contribution in [0.15, 0.2) is 42.5 Å². The van der Waals surface area contributed by atoms with Crippen LogP contribution in [0.2, 0.25) is 0 Å². The molecule has 8 heteroatoms. The van der Waals surface area contributed by atoms with Crippen molar-refractivity contribution in [3.05, 3.63) is 42.5 Å². The highest BCUT2D eigenvalue weighted by atomic mass is 16.6. The minimum absolute atomic E-state index is 0.276. The molecule has 0 aliphatic rings. The number of fused-ring (bicyclic) bond motifs is 1. The van der Waals surface area contributed by atoms with Gasteiger partial charge in [-0.15, -0.1) is 10.2 Å². The first-order valence-electron chi connectivity index (χ1n) is 8.34. The Bertz CT molecular complexity index is 962. The third kappa shape index (κ3) is 3.84. The minimum atomic E-state index is -0.590. The zero-order valence-corrected chi connectivity index (χ0v) is 15.3. The fourth-order valence-corrected chi connectivity index (χ4v) is 2.67. The first-order chi connectivity index (χ1) is 13.2. The Morgan fingerprint density at radius 1 is 1.00 bits per heavy atom. The van der Waals surface area contributed by atoms with Gasteiger partial charge in [0.15, 0.2) is 17.3 Å². The Labute approximate surface area is 156 Å². The van der Waals surface area contributed by atoms with Crippen molar-refractivity contribution in [2.24, 2.45) is 0 Å². The standard InChI is InChI=1S/C19H20N4O4/c1-4-27-19(24)23-22-18-14-8-6-5-7-13(14)17(20-21-18)12-9-10-15(25-2)16(11-12)26-3/h5-11H,4H2,1-3H3,(H,21,22)(H,23,24). The second-order valence-electron chi connectivity index (χ2n) is 5.48. The van der Waals surface area contributed by atoms with Gasteiger partial charge in [-0.1, -0.05) is 24.3 Å². The number of carbonyl (C=O) groups excluding carboxylic acids is 1. The quantitative estimate of drug-likeness (QED) is 0.644. The van der Waals surface area contributed by atoms with Crippen LogP contribution in [0.25, 0.3) is 22.0 Å². The van der Waals surface area contributed by atoms with E-state index in [9.17, 15) is 4.79 Å². The summed E-state index contributed by atoms with van der Waals surface area (Å²) in [6.45, 7) is 2.00. The van der Waals surface area contributed by atoms with Crippen molar-refractivity contribution in [3.8, 4) is 22.8 Å². The van der Waals surface area contributed by atoms with Crippen LogP contribution in [0.1, 0.15) is 6.92 Å². The molecule has 0 atom stereocenters. The summed E-state index contributed by atoms with van der Waals surface area (Å²) in [6.07, 6.45) is -0.590. The largest absolute Gasteiger partial charge is 0.493 e. The summed E-state index contributed by atoms with van der Waals surface area (Å²) in [5.41, 5.74) is 6.71. The van der Waals surface area contributed by atoms with E-state index in [1.807, 2.05) is 42.5 Å². The Hall–Kier alpha value is -3.55. The molecule has 1 aromatic heterocycles. The number of hydrogen-bond acceptors (Lipinski definition) is 7. The molecule has 3 aromatic rings. The highest BCUT2D eigenvalue weighted by Gasteiger charge is 2.14. The van der Waals surface area contributed by atoms with E-state index < -0.39 is 6.09 Å². The SMILES string of the molecule is CCOC(=O)NNc1nnc(-c2ccc(OC)c(OC)c2)c2ccccc12. The van der Waals surface area contributed by atoms with E-state index >= 15 is 0 Å². The van der Waals surface area contributed by atoms with Crippen molar-refractivity contribution < 1.29 is 19.0 Å². The van der Waals surface area contributed by atoms with Gasteiger partial charge in [0.2, 0.25) is 0 Å². The van der Waals surface area contributed by atoms with E-state index in [0.29, 0.717) is 23.0 Å². The third-order valence-corrected chi connectivity index (χ3v) is 3.90. The Morgan fingerprint density at radius 2 is 1.74 bits per heavy atom. The second-order valence-corrected chi connectivity index (χ2v) is 5.48. The van der Waals surface area contributed by atoms with Gasteiger partial charge < -0.3 is 14.2 Å². The Kier molecular flexibility index (Phi) is 5.55. The molecular weight excluding hydrogens is 348 g/mol. The van der Waals surface area contributed by atoms with Crippen molar-refractivity contribution >= 4 is 22.7 Å². The number of nitrogens with zero attached hydrogens (tertiary/aromatic N) is 2. The zero-order chi connectivity index (χ0) is 19.2. The lowest BCUT2D eigenvalue weighted by atomic mass is 10.0. The van der Waals surface area contributed by atoms with Gasteiger partial charge in [-0.05, 0) is 25.1 Å². The number of anilines is 1. The topological polar surface area (TPSA) is 94.6 Å². The summed E-state index contributed by atoms with van der Waals surface area (Å²) >= 11 is 0. The summed E-state index contributed by atoms with van der Waals surface area (Å²) in [4.78, 5) is 11.5. The van der Waals surface area contributed by atoms with Gasteiger partial charge in [0.25, 0.3) is 0 Å². The molecule has 140 valence electrons. The molecule has 2 N–H and O–H groups in total. The number of rotatable bonds is 6. The summed E-state index contributed by atoms with van der Waals surface area (Å²) in [5, 5.41) is 10.2. The number of benzene rings is 2. The monoisotopic (exact) mass is 368 g/mol. The van der Waals surface area contributed by atoms with Crippen LogP contribution in [0.5, 0.6) is 11.5 Å². The smallest absolute Gasteiger partial charge is 0.425 e. The van der Waals surface area contributed by atoms with E-state index in [2.05, 4.69) is 21.0 Å². The zero-order valence-electron chi connectivity index (χ0n) is 15.3. The molecule has 27 heavy (non-hydrogen) atoms. The fourth-order valence-electron chi connectivity index (χ4n) is 2.67. The molecule has 3 rings (SSSR count).